The number of hydrogen-bond acceptors (Lipinski definition) is 1. The van der Waals surface area contributed by atoms with Gasteiger partial charge in [-0.2, -0.15) is 0 Å². The highest BCUT2D eigenvalue weighted by Crippen LogP contribution is 2.46. The van der Waals surface area contributed by atoms with Gasteiger partial charge in [-0.1, -0.05) is 77.1 Å². The molecule has 0 atom stereocenters. The van der Waals surface area contributed by atoms with E-state index in [0.29, 0.717) is 0 Å². The van der Waals surface area contributed by atoms with E-state index in [2.05, 4.69) is 86.6 Å². The average molecular weight is 523 g/mol. The van der Waals surface area contributed by atoms with Crippen LogP contribution in [0.5, 0.6) is 0 Å². The highest BCUT2D eigenvalue weighted by molar-refractivity contribution is 9.30. The van der Waals surface area contributed by atoms with Gasteiger partial charge in [0.1, 0.15) is 3.23 Å². The van der Waals surface area contributed by atoms with E-state index in [1.807, 2.05) is 0 Å². The van der Waals surface area contributed by atoms with E-state index in [1.54, 1.807) is 6.26 Å². The monoisotopic (exact) mass is 518 g/mol. The minimum absolute atomic E-state index is 0.0582. The normalized spacial score (nSPS) is 13.5. The summed E-state index contributed by atoms with van der Waals surface area (Å²) in [7, 11) is 0. The van der Waals surface area contributed by atoms with Gasteiger partial charge in [-0.05, 0) is 22.4 Å². The minimum Gasteiger partial charge on any atom is -0.500 e. The van der Waals surface area contributed by atoms with Crippen molar-refractivity contribution in [3.05, 3.63) is 10.7 Å². The van der Waals surface area contributed by atoms with Crippen LogP contribution < -0.4 is 0 Å². The maximum atomic E-state index is 5.36. The molecule has 84 valence electrons. The highest BCUT2D eigenvalue weighted by atomic mass is 79.9. The lowest BCUT2D eigenvalue weighted by molar-refractivity contribution is 0.242. The van der Waals surface area contributed by atoms with Crippen molar-refractivity contribution in [2.45, 2.75) is 26.7 Å². The van der Waals surface area contributed by atoms with Crippen LogP contribution in [0.2, 0.25) is 0 Å². The first-order valence-electron chi connectivity index (χ1n) is 4.06. The van der Waals surface area contributed by atoms with Gasteiger partial charge in [-0.15, -0.1) is 0 Å². The molecule has 0 saturated heterocycles. The van der Waals surface area contributed by atoms with Crippen molar-refractivity contribution in [1.82, 2.24) is 0 Å². The number of hydrogen-bond donors (Lipinski definition) is 0. The molecule has 0 aromatic rings. The van der Waals surface area contributed by atoms with E-state index < -0.39 is 0 Å². The smallest absolute Gasteiger partial charge is 0.137 e. The molecule has 0 spiro atoms. The summed E-state index contributed by atoms with van der Waals surface area (Å²) in [5.41, 5.74) is 0. The second-order valence-corrected chi connectivity index (χ2v) is 10.1. The Morgan fingerprint density at radius 3 is 2.43 bits per heavy atom. The molecule has 6 heteroatoms. The van der Waals surface area contributed by atoms with Crippen molar-refractivity contribution in [3.8, 4) is 0 Å². The van der Waals surface area contributed by atoms with E-state index in [-0.39, 0.29) is 6.97 Å². The zero-order chi connectivity index (χ0) is 11.2. The molecule has 0 N–H and O–H groups in total. The number of ether oxygens (including phenoxy) is 1. The molecule has 0 aromatic carbocycles. The van der Waals surface area contributed by atoms with Crippen LogP contribution in [0.15, 0.2) is 10.7 Å². The summed E-state index contributed by atoms with van der Waals surface area (Å²) in [4.78, 5) is 0. The fraction of sp³-hybridized carbons (Fsp3) is 0.750. The largest absolute Gasteiger partial charge is 0.500 e. The van der Waals surface area contributed by atoms with Crippen LogP contribution in [0.4, 0.5) is 0 Å². The molecule has 0 heterocycles. The van der Waals surface area contributed by atoms with Gasteiger partial charge in [0.2, 0.25) is 0 Å². The molecule has 0 saturated carbocycles. The maximum Gasteiger partial charge on any atom is 0.137 e. The average Bonchev–Trinajstić information content (AvgIpc) is 2.11. The summed E-state index contributed by atoms with van der Waals surface area (Å²) >= 11 is 17.3. The van der Waals surface area contributed by atoms with Crippen LogP contribution in [0, 0.1) is 0 Å². The fourth-order valence-electron chi connectivity index (χ4n) is 0.543. The van der Waals surface area contributed by atoms with E-state index in [1.165, 1.54) is 0 Å². The number of alkyl halides is 4. The summed E-state index contributed by atoms with van der Waals surface area (Å²) in [6.45, 7) is 2.88. The van der Waals surface area contributed by atoms with Gasteiger partial charge in [-0.25, -0.2) is 0 Å². The van der Waals surface area contributed by atoms with E-state index >= 15 is 0 Å². The number of rotatable bonds is 6. The van der Waals surface area contributed by atoms with Gasteiger partial charge in [0.25, 0.3) is 0 Å². The minimum atomic E-state index is -0.383. The van der Waals surface area contributed by atoms with Crippen molar-refractivity contribution >= 4 is 79.6 Å². The van der Waals surface area contributed by atoms with Crippen molar-refractivity contribution in [1.29, 1.82) is 0 Å². The second-order valence-electron chi connectivity index (χ2n) is 2.61. The summed E-state index contributed by atoms with van der Waals surface area (Å²) in [5.74, 6) is 0. The van der Waals surface area contributed by atoms with Crippen LogP contribution in [0.25, 0.3) is 0 Å². The number of halogens is 5. The third-order valence-corrected chi connectivity index (χ3v) is 8.87. The molecule has 0 fully saturated rings. The molecule has 0 aliphatic rings. The van der Waals surface area contributed by atoms with E-state index in [0.717, 1.165) is 23.9 Å². The van der Waals surface area contributed by atoms with Gasteiger partial charge in [0.15, 0.2) is 0 Å². The molecule has 14 heavy (non-hydrogen) atoms. The SMILES string of the molecule is CCCCO/C=C(\Br)C(Br)(Br)C(Br)Br. The lowest BCUT2D eigenvalue weighted by Crippen LogP contribution is -2.19. The van der Waals surface area contributed by atoms with Gasteiger partial charge in [0, 0.05) is 0 Å². The van der Waals surface area contributed by atoms with Crippen molar-refractivity contribution in [3.63, 3.8) is 0 Å². The lowest BCUT2D eigenvalue weighted by atomic mass is 10.4. The molecule has 0 amide bonds. The Bertz CT molecular complexity index is 190. The first-order valence-corrected chi connectivity index (χ1v) is 8.27. The summed E-state index contributed by atoms with van der Waals surface area (Å²) in [6.07, 6.45) is 3.91. The van der Waals surface area contributed by atoms with Crippen LogP contribution >= 0.6 is 79.6 Å². The van der Waals surface area contributed by atoms with Gasteiger partial charge in [-0.3, -0.25) is 0 Å². The first-order chi connectivity index (χ1) is 6.42. The Labute approximate surface area is 127 Å². The van der Waals surface area contributed by atoms with Gasteiger partial charge < -0.3 is 4.74 Å². The zero-order valence-corrected chi connectivity index (χ0v) is 15.5. The van der Waals surface area contributed by atoms with Gasteiger partial charge in [0.05, 0.1) is 21.1 Å². The van der Waals surface area contributed by atoms with E-state index in [4.69, 9.17) is 4.74 Å². The summed E-state index contributed by atoms with van der Waals surface area (Å²) in [5, 5.41) is 0. The Morgan fingerprint density at radius 1 is 1.43 bits per heavy atom. The molecule has 1 nitrogen and oxygen atoms in total. The maximum absolute atomic E-state index is 5.36. The first kappa shape index (κ1) is 15.9. The molecular formula is C8H11Br5O. The molecule has 0 rings (SSSR count). The Morgan fingerprint density at radius 2 is 2.00 bits per heavy atom. The molecule has 0 aliphatic carbocycles. The summed E-state index contributed by atoms with van der Waals surface area (Å²) < 4.78 is 5.93. The van der Waals surface area contributed by atoms with Crippen LogP contribution in [0.3, 0.4) is 0 Å². The van der Waals surface area contributed by atoms with Crippen molar-refractivity contribution in [2.75, 3.05) is 6.61 Å². The van der Waals surface area contributed by atoms with Crippen LogP contribution in [-0.2, 0) is 4.74 Å². The molecule has 0 bridgehead atoms. The Kier molecular flexibility index (Phi) is 9.21. The zero-order valence-electron chi connectivity index (χ0n) is 7.57. The highest BCUT2D eigenvalue weighted by Gasteiger charge is 2.33. The molecule has 0 aliphatic heterocycles. The second kappa shape index (κ2) is 8.09. The molecule has 0 unspecified atom stereocenters. The molecular weight excluding hydrogens is 512 g/mol. The molecule has 0 radical (unpaired) electrons. The van der Waals surface area contributed by atoms with Gasteiger partial charge >= 0.3 is 0 Å². The summed E-state index contributed by atoms with van der Waals surface area (Å²) in [6, 6.07) is 0. The Balaban J connectivity index is 4.09. The topological polar surface area (TPSA) is 9.23 Å². The van der Waals surface area contributed by atoms with Crippen LogP contribution in [0.1, 0.15) is 19.8 Å². The number of allylic oxidation sites excluding steroid dienone is 1. The Hall–Kier alpha value is 1.94. The number of unbranched alkanes of at least 4 members (excludes halogenated alkanes) is 1. The third-order valence-electron chi connectivity index (χ3n) is 1.40. The molecule has 0 aromatic heterocycles. The third kappa shape index (κ3) is 5.87. The van der Waals surface area contributed by atoms with Crippen molar-refractivity contribution in [2.24, 2.45) is 0 Å². The van der Waals surface area contributed by atoms with Crippen molar-refractivity contribution < 1.29 is 4.74 Å². The van der Waals surface area contributed by atoms with E-state index in [9.17, 15) is 0 Å². The predicted molar refractivity (Wildman–Crippen MR) is 80.1 cm³/mol. The van der Waals surface area contributed by atoms with Crippen LogP contribution in [-0.4, -0.2) is 13.6 Å². The lowest BCUT2D eigenvalue weighted by Gasteiger charge is -2.21. The predicted octanol–water partition coefficient (Wildman–Crippen LogP) is 5.64. The fourth-order valence-corrected chi connectivity index (χ4v) is 2.20. The standard InChI is InChI=1S/C8H11Br5O/c1-2-3-4-14-5-6(9)8(12,13)7(10)11/h5,7H,2-4H2,1H3/b6-5-. The quantitative estimate of drug-likeness (QED) is 0.249.